The number of aliphatic imine (C=N–C) groups is 1. The van der Waals surface area contributed by atoms with E-state index in [2.05, 4.69) is 20.9 Å². The van der Waals surface area contributed by atoms with Gasteiger partial charge in [-0.15, -0.1) is 24.0 Å². The van der Waals surface area contributed by atoms with E-state index in [0.29, 0.717) is 38.8 Å². The van der Waals surface area contributed by atoms with E-state index in [1.807, 2.05) is 52.8 Å². The molecule has 0 saturated heterocycles. The first-order valence-electron chi connectivity index (χ1n) is 9.99. The Labute approximate surface area is 192 Å². The van der Waals surface area contributed by atoms with Gasteiger partial charge in [0.1, 0.15) is 0 Å². The molecule has 7 nitrogen and oxygen atoms in total. The predicted molar refractivity (Wildman–Crippen MR) is 130 cm³/mol. The fourth-order valence-corrected chi connectivity index (χ4v) is 2.58. The second-order valence-corrected chi connectivity index (χ2v) is 6.99. The van der Waals surface area contributed by atoms with Crippen LogP contribution in [0, 0.1) is 5.41 Å². The number of carbonyl (C=O) groups is 1. The molecule has 0 aromatic heterocycles. The average Bonchev–Trinajstić information content (AvgIpc) is 2.67. The monoisotopic (exact) mass is 520 g/mol. The van der Waals surface area contributed by atoms with Crippen molar-refractivity contribution in [2.45, 2.75) is 41.0 Å². The number of halogens is 1. The summed E-state index contributed by atoms with van der Waals surface area (Å²) in [6.45, 7) is 12.7. The van der Waals surface area contributed by atoms with E-state index in [-0.39, 0.29) is 29.9 Å². The number of guanidine groups is 1. The van der Waals surface area contributed by atoms with Crippen LogP contribution in [0.4, 0.5) is 0 Å². The minimum Gasteiger partial charge on any atom is -0.490 e. The van der Waals surface area contributed by atoms with Crippen molar-refractivity contribution in [1.29, 1.82) is 0 Å². The molecule has 1 rings (SSSR count). The van der Waals surface area contributed by atoms with Crippen LogP contribution in [0.5, 0.6) is 11.5 Å². The zero-order valence-corrected chi connectivity index (χ0v) is 20.9. The van der Waals surface area contributed by atoms with Crippen LogP contribution in [0.15, 0.2) is 23.2 Å². The Morgan fingerprint density at radius 2 is 1.69 bits per heavy atom. The topological polar surface area (TPSA) is 84.0 Å². The SMILES string of the molecule is CCNC(=O)C(C)(C)CNC(=NC)NCCc1ccc(OCC)c(OCC)c1.I. The molecular weight excluding hydrogens is 483 g/mol. The highest BCUT2D eigenvalue weighted by atomic mass is 127. The molecule has 0 aliphatic rings. The summed E-state index contributed by atoms with van der Waals surface area (Å²) in [4.78, 5) is 16.3. The molecule has 0 radical (unpaired) electrons. The molecule has 166 valence electrons. The van der Waals surface area contributed by atoms with Gasteiger partial charge in [0.15, 0.2) is 17.5 Å². The van der Waals surface area contributed by atoms with Gasteiger partial charge < -0.3 is 25.4 Å². The Hall–Kier alpha value is -1.71. The number of nitrogens with one attached hydrogen (secondary N) is 3. The number of amides is 1. The molecule has 3 N–H and O–H groups in total. The van der Waals surface area contributed by atoms with Crippen molar-refractivity contribution >= 4 is 35.8 Å². The summed E-state index contributed by atoms with van der Waals surface area (Å²) in [7, 11) is 1.72. The van der Waals surface area contributed by atoms with Crippen molar-refractivity contribution in [3.05, 3.63) is 23.8 Å². The van der Waals surface area contributed by atoms with Crippen LogP contribution >= 0.6 is 24.0 Å². The quantitative estimate of drug-likeness (QED) is 0.238. The summed E-state index contributed by atoms with van der Waals surface area (Å²) in [5.41, 5.74) is 0.632. The van der Waals surface area contributed by atoms with Crippen molar-refractivity contribution in [2.75, 3.05) is 39.9 Å². The molecule has 0 fully saturated rings. The van der Waals surface area contributed by atoms with Crippen LogP contribution in [0.3, 0.4) is 0 Å². The zero-order valence-electron chi connectivity index (χ0n) is 18.6. The fraction of sp³-hybridized carbons (Fsp3) is 0.619. The van der Waals surface area contributed by atoms with E-state index in [1.165, 1.54) is 0 Å². The molecule has 0 aliphatic heterocycles. The van der Waals surface area contributed by atoms with Crippen molar-refractivity contribution in [3.8, 4) is 11.5 Å². The third kappa shape index (κ3) is 9.56. The Kier molecular flexibility index (Phi) is 13.5. The summed E-state index contributed by atoms with van der Waals surface area (Å²) in [6.07, 6.45) is 0.812. The third-order valence-corrected chi connectivity index (χ3v) is 4.19. The predicted octanol–water partition coefficient (Wildman–Crippen LogP) is 2.97. The van der Waals surface area contributed by atoms with Gasteiger partial charge in [0, 0.05) is 26.7 Å². The largest absolute Gasteiger partial charge is 0.490 e. The Bertz CT molecular complexity index is 651. The first kappa shape index (κ1) is 27.3. The first-order chi connectivity index (χ1) is 13.4. The second-order valence-electron chi connectivity index (χ2n) is 6.99. The smallest absolute Gasteiger partial charge is 0.227 e. The first-order valence-corrected chi connectivity index (χ1v) is 9.99. The van der Waals surface area contributed by atoms with E-state index in [9.17, 15) is 4.79 Å². The van der Waals surface area contributed by atoms with Gasteiger partial charge in [0.2, 0.25) is 5.91 Å². The summed E-state index contributed by atoms with van der Waals surface area (Å²) in [6, 6.07) is 6.01. The lowest BCUT2D eigenvalue weighted by Gasteiger charge is -2.24. The average molecular weight is 520 g/mol. The van der Waals surface area contributed by atoms with Gasteiger partial charge in [-0.1, -0.05) is 6.07 Å². The van der Waals surface area contributed by atoms with Crippen LogP contribution in [0.1, 0.15) is 40.2 Å². The van der Waals surface area contributed by atoms with Crippen LogP contribution in [-0.4, -0.2) is 51.8 Å². The van der Waals surface area contributed by atoms with E-state index in [1.54, 1.807) is 7.05 Å². The number of nitrogens with zero attached hydrogens (tertiary/aromatic N) is 1. The molecule has 0 atom stereocenters. The molecule has 1 aromatic rings. The van der Waals surface area contributed by atoms with Crippen molar-refractivity contribution in [3.63, 3.8) is 0 Å². The van der Waals surface area contributed by atoms with Gasteiger partial charge in [-0.3, -0.25) is 9.79 Å². The van der Waals surface area contributed by atoms with Crippen LogP contribution in [0.25, 0.3) is 0 Å². The molecule has 0 saturated carbocycles. The number of hydrogen-bond donors (Lipinski definition) is 3. The number of ether oxygens (including phenoxy) is 2. The number of benzene rings is 1. The minimum atomic E-state index is -0.519. The lowest BCUT2D eigenvalue weighted by Crippen LogP contribution is -2.48. The molecule has 1 aromatic carbocycles. The molecule has 1 amide bonds. The van der Waals surface area contributed by atoms with Crippen LogP contribution in [-0.2, 0) is 11.2 Å². The lowest BCUT2D eigenvalue weighted by molar-refractivity contribution is -0.128. The van der Waals surface area contributed by atoms with E-state index >= 15 is 0 Å². The molecule has 0 unspecified atom stereocenters. The maximum Gasteiger partial charge on any atom is 0.227 e. The maximum atomic E-state index is 12.1. The molecule has 0 aliphatic carbocycles. The Morgan fingerprint density at radius 3 is 2.28 bits per heavy atom. The van der Waals surface area contributed by atoms with E-state index in [0.717, 1.165) is 23.5 Å². The molecular formula is C21H37IN4O3. The molecule has 8 heteroatoms. The number of carbonyl (C=O) groups excluding carboxylic acids is 1. The number of hydrogen-bond acceptors (Lipinski definition) is 4. The molecule has 0 spiro atoms. The second kappa shape index (κ2) is 14.3. The van der Waals surface area contributed by atoms with Crippen LogP contribution < -0.4 is 25.4 Å². The van der Waals surface area contributed by atoms with Gasteiger partial charge in [-0.25, -0.2) is 0 Å². The van der Waals surface area contributed by atoms with Gasteiger partial charge in [-0.2, -0.15) is 0 Å². The van der Waals surface area contributed by atoms with Crippen molar-refractivity contribution in [1.82, 2.24) is 16.0 Å². The van der Waals surface area contributed by atoms with Gasteiger partial charge in [-0.05, 0) is 58.7 Å². The lowest BCUT2D eigenvalue weighted by atomic mass is 9.92. The van der Waals surface area contributed by atoms with Crippen molar-refractivity contribution < 1.29 is 14.3 Å². The highest BCUT2D eigenvalue weighted by Crippen LogP contribution is 2.28. The fourth-order valence-electron chi connectivity index (χ4n) is 2.58. The molecule has 29 heavy (non-hydrogen) atoms. The number of rotatable bonds is 11. The van der Waals surface area contributed by atoms with Crippen LogP contribution in [0.2, 0.25) is 0 Å². The van der Waals surface area contributed by atoms with E-state index < -0.39 is 5.41 Å². The Balaban J connectivity index is 0.00000784. The van der Waals surface area contributed by atoms with Gasteiger partial charge in [0.05, 0.1) is 18.6 Å². The summed E-state index contributed by atoms with van der Waals surface area (Å²) >= 11 is 0. The highest BCUT2D eigenvalue weighted by molar-refractivity contribution is 14.0. The Morgan fingerprint density at radius 1 is 1.03 bits per heavy atom. The van der Waals surface area contributed by atoms with Gasteiger partial charge in [0.25, 0.3) is 0 Å². The molecule has 0 heterocycles. The highest BCUT2D eigenvalue weighted by Gasteiger charge is 2.27. The minimum absolute atomic E-state index is 0. The normalized spacial score (nSPS) is 11.3. The van der Waals surface area contributed by atoms with Crippen molar-refractivity contribution in [2.24, 2.45) is 10.4 Å². The maximum absolute atomic E-state index is 12.1. The zero-order chi connectivity index (χ0) is 21.0. The molecule has 0 bridgehead atoms. The summed E-state index contributed by atoms with van der Waals surface area (Å²) < 4.78 is 11.3. The summed E-state index contributed by atoms with van der Waals surface area (Å²) in [5, 5.41) is 9.37. The van der Waals surface area contributed by atoms with Gasteiger partial charge >= 0.3 is 0 Å². The third-order valence-electron chi connectivity index (χ3n) is 4.19. The van der Waals surface area contributed by atoms with E-state index in [4.69, 9.17) is 9.47 Å². The standard InChI is InChI=1S/C21H36N4O3.HI/c1-7-23-19(26)21(4,5)15-25-20(22-6)24-13-12-16-10-11-17(27-8-2)18(14-16)28-9-3;/h10-11,14H,7-9,12-13,15H2,1-6H3,(H,23,26)(H2,22,24,25);1H. The summed E-state index contributed by atoms with van der Waals surface area (Å²) in [5.74, 6) is 2.24.